The largest absolute Gasteiger partial charge is 0.493 e. The van der Waals surface area contributed by atoms with E-state index < -0.39 is 0 Å². The molecule has 0 saturated carbocycles. The molecule has 2 rings (SSSR count). The topological polar surface area (TPSA) is 85.6 Å². The lowest BCUT2D eigenvalue weighted by molar-refractivity contribution is -0.128. The van der Waals surface area contributed by atoms with Gasteiger partial charge in [-0.3, -0.25) is 4.79 Å². The Morgan fingerprint density at radius 3 is 2.54 bits per heavy atom. The number of ether oxygens (including phenoxy) is 2. The zero-order chi connectivity index (χ0) is 20.7. The minimum Gasteiger partial charge on any atom is -0.493 e. The minimum atomic E-state index is -0.368. The molecule has 1 amide bonds. The number of hydrogen-bond donors (Lipinski definition) is 2. The lowest BCUT2D eigenvalue weighted by Crippen LogP contribution is -2.38. The molecule has 28 heavy (non-hydrogen) atoms. The number of aryl methyl sites for hydroxylation is 2. The van der Waals surface area contributed by atoms with E-state index in [2.05, 4.69) is 15.8 Å². The summed E-state index contributed by atoms with van der Waals surface area (Å²) in [6.07, 6.45) is 0. The van der Waals surface area contributed by atoms with Gasteiger partial charge in [0.15, 0.2) is 11.5 Å². The molecule has 2 N–H and O–H groups in total. The standard InChI is InChI=1S/C21H31N3O4/c1-14-17(15(2)28-24-14)13-27-18-8-7-16(11-19(18)26-6)12-22-9-10-23-20(25)21(3,4)5/h7-8,11,22H,9-10,12-13H2,1-6H3,(H,23,25). The molecule has 0 aliphatic heterocycles. The lowest BCUT2D eigenvalue weighted by Gasteiger charge is -2.17. The first kappa shape index (κ1) is 21.8. The molecule has 1 aromatic carbocycles. The van der Waals surface area contributed by atoms with Crippen molar-refractivity contribution in [3.05, 3.63) is 40.8 Å². The maximum Gasteiger partial charge on any atom is 0.225 e. The Hall–Kier alpha value is -2.54. The third kappa shape index (κ3) is 5.99. The first-order chi connectivity index (χ1) is 13.2. The number of nitrogens with zero attached hydrogens (tertiary/aromatic N) is 1. The predicted molar refractivity (Wildman–Crippen MR) is 107 cm³/mol. The summed E-state index contributed by atoms with van der Waals surface area (Å²) in [4.78, 5) is 11.8. The molecule has 0 radical (unpaired) electrons. The van der Waals surface area contributed by atoms with Crippen LogP contribution in [-0.2, 0) is 17.9 Å². The van der Waals surface area contributed by atoms with Crippen LogP contribution in [0.5, 0.6) is 11.5 Å². The first-order valence-corrected chi connectivity index (χ1v) is 9.43. The zero-order valence-corrected chi connectivity index (χ0v) is 17.6. The molecule has 1 heterocycles. The molecule has 0 saturated heterocycles. The summed E-state index contributed by atoms with van der Waals surface area (Å²) in [5.41, 5.74) is 2.48. The summed E-state index contributed by atoms with van der Waals surface area (Å²) in [6, 6.07) is 5.84. The summed E-state index contributed by atoms with van der Waals surface area (Å²) in [5.74, 6) is 2.15. The van der Waals surface area contributed by atoms with Gasteiger partial charge in [0, 0.05) is 25.0 Å². The van der Waals surface area contributed by atoms with Gasteiger partial charge in [-0.05, 0) is 31.5 Å². The summed E-state index contributed by atoms with van der Waals surface area (Å²) in [5, 5.41) is 10.2. The molecular weight excluding hydrogens is 358 g/mol. The van der Waals surface area contributed by atoms with E-state index in [1.165, 1.54) is 0 Å². The van der Waals surface area contributed by atoms with Gasteiger partial charge in [0.05, 0.1) is 18.4 Å². The van der Waals surface area contributed by atoms with E-state index in [0.29, 0.717) is 37.7 Å². The van der Waals surface area contributed by atoms with Crippen LogP contribution in [0.4, 0.5) is 0 Å². The third-order valence-corrected chi connectivity index (χ3v) is 4.38. The van der Waals surface area contributed by atoms with Crippen molar-refractivity contribution in [3.8, 4) is 11.5 Å². The molecule has 0 atom stereocenters. The third-order valence-electron chi connectivity index (χ3n) is 4.38. The average Bonchev–Trinajstić information content (AvgIpc) is 2.97. The highest BCUT2D eigenvalue weighted by Gasteiger charge is 2.20. The number of aromatic nitrogens is 1. The second-order valence-corrected chi connectivity index (χ2v) is 7.76. The molecule has 2 aromatic rings. The molecule has 0 aliphatic carbocycles. The fraction of sp³-hybridized carbons (Fsp3) is 0.524. The van der Waals surface area contributed by atoms with Gasteiger partial charge in [-0.1, -0.05) is 32.0 Å². The summed E-state index contributed by atoms with van der Waals surface area (Å²) < 4.78 is 16.5. The van der Waals surface area contributed by atoms with Crippen LogP contribution in [0.15, 0.2) is 22.7 Å². The van der Waals surface area contributed by atoms with Crippen LogP contribution in [0.25, 0.3) is 0 Å². The van der Waals surface area contributed by atoms with Gasteiger partial charge in [-0.25, -0.2) is 0 Å². The number of carbonyl (C=O) groups is 1. The van der Waals surface area contributed by atoms with E-state index in [9.17, 15) is 4.79 Å². The monoisotopic (exact) mass is 389 g/mol. The SMILES string of the molecule is COc1cc(CNCCNC(=O)C(C)(C)C)ccc1OCc1c(C)noc1C. The van der Waals surface area contributed by atoms with Crippen molar-refractivity contribution in [3.63, 3.8) is 0 Å². The Morgan fingerprint density at radius 1 is 1.18 bits per heavy atom. The molecule has 0 spiro atoms. The van der Waals surface area contributed by atoms with E-state index in [-0.39, 0.29) is 11.3 Å². The summed E-state index contributed by atoms with van der Waals surface area (Å²) in [6.45, 7) is 11.8. The Kier molecular flexibility index (Phi) is 7.45. The van der Waals surface area contributed by atoms with E-state index in [0.717, 1.165) is 22.6 Å². The van der Waals surface area contributed by atoms with Crippen molar-refractivity contribution < 1.29 is 18.8 Å². The molecule has 1 aromatic heterocycles. The second-order valence-electron chi connectivity index (χ2n) is 7.76. The smallest absolute Gasteiger partial charge is 0.225 e. The van der Waals surface area contributed by atoms with Crippen molar-refractivity contribution in [2.75, 3.05) is 20.2 Å². The van der Waals surface area contributed by atoms with Crippen LogP contribution < -0.4 is 20.1 Å². The van der Waals surface area contributed by atoms with Crippen LogP contribution in [0.3, 0.4) is 0 Å². The quantitative estimate of drug-likeness (QED) is 0.641. The number of rotatable bonds is 9. The first-order valence-electron chi connectivity index (χ1n) is 9.43. The van der Waals surface area contributed by atoms with Crippen LogP contribution in [0.1, 0.15) is 43.4 Å². The molecule has 0 aliphatic rings. The Bertz CT molecular complexity index is 774. The van der Waals surface area contributed by atoms with Gasteiger partial charge in [0.1, 0.15) is 12.4 Å². The highest BCUT2D eigenvalue weighted by molar-refractivity contribution is 5.81. The highest BCUT2D eigenvalue weighted by atomic mass is 16.5. The molecular formula is C21H31N3O4. The van der Waals surface area contributed by atoms with Crippen LogP contribution in [-0.4, -0.2) is 31.3 Å². The van der Waals surface area contributed by atoms with Crippen LogP contribution in [0, 0.1) is 19.3 Å². The van der Waals surface area contributed by atoms with E-state index in [4.69, 9.17) is 14.0 Å². The Balaban J connectivity index is 1.84. The van der Waals surface area contributed by atoms with E-state index in [1.54, 1.807) is 7.11 Å². The summed E-state index contributed by atoms with van der Waals surface area (Å²) >= 11 is 0. The average molecular weight is 389 g/mol. The van der Waals surface area contributed by atoms with Crippen molar-refractivity contribution in [1.82, 2.24) is 15.8 Å². The van der Waals surface area contributed by atoms with Gasteiger partial charge in [-0.15, -0.1) is 0 Å². The van der Waals surface area contributed by atoms with Gasteiger partial charge in [-0.2, -0.15) is 0 Å². The van der Waals surface area contributed by atoms with E-state index >= 15 is 0 Å². The molecule has 7 nitrogen and oxygen atoms in total. The minimum absolute atomic E-state index is 0.0516. The predicted octanol–water partition coefficient (Wildman–Crippen LogP) is 3.13. The number of amides is 1. The molecule has 0 fully saturated rings. The Morgan fingerprint density at radius 2 is 1.93 bits per heavy atom. The fourth-order valence-corrected chi connectivity index (χ4v) is 2.56. The Labute approximate surface area is 166 Å². The number of carbonyl (C=O) groups excluding carboxylic acids is 1. The number of nitrogens with one attached hydrogen (secondary N) is 2. The lowest BCUT2D eigenvalue weighted by atomic mass is 9.96. The number of hydrogen-bond acceptors (Lipinski definition) is 6. The molecule has 0 bridgehead atoms. The second kappa shape index (κ2) is 9.59. The number of benzene rings is 1. The molecule has 154 valence electrons. The number of methoxy groups -OCH3 is 1. The highest BCUT2D eigenvalue weighted by Crippen LogP contribution is 2.29. The van der Waals surface area contributed by atoms with Crippen LogP contribution in [0.2, 0.25) is 0 Å². The van der Waals surface area contributed by atoms with Gasteiger partial charge in [0.2, 0.25) is 5.91 Å². The molecule has 0 unspecified atom stereocenters. The van der Waals surface area contributed by atoms with Gasteiger partial charge < -0.3 is 24.6 Å². The fourth-order valence-electron chi connectivity index (χ4n) is 2.56. The zero-order valence-electron chi connectivity index (χ0n) is 17.6. The normalized spacial score (nSPS) is 11.4. The maximum absolute atomic E-state index is 11.8. The van der Waals surface area contributed by atoms with Crippen molar-refractivity contribution in [2.24, 2.45) is 5.41 Å². The van der Waals surface area contributed by atoms with Gasteiger partial charge >= 0.3 is 0 Å². The van der Waals surface area contributed by atoms with Crippen LogP contribution >= 0.6 is 0 Å². The maximum atomic E-state index is 11.8. The molecule has 7 heteroatoms. The summed E-state index contributed by atoms with van der Waals surface area (Å²) in [7, 11) is 1.62. The van der Waals surface area contributed by atoms with Crippen molar-refractivity contribution >= 4 is 5.91 Å². The van der Waals surface area contributed by atoms with Gasteiger partial charge in [0.25, 0.3) is 0 Å². The van der Waals surface area contributed by atoms with E-state index in [1.807, 2.05) is 52.8 Å². The van der Waals surface area contributed by atoms with Crippen molar-refractivity contribution in [2.45, 2.75) is 47.8 Å². The van der Waals surface area contributed by atoms with Crippen molar-refractivity contribution in [1.29, 1.82) is 0 Å².